The summed E-state index contributed by atoms with van der Waals surface area (Å²) in [6.45, 7) is 5.35. The fourth-order valence-electron chi connectivity index (χ4n) is 3.69. The van der Waals surface area contributed by atoms with Crippen molar-refractivity contribution in [2.24, 2.45) is 0 Å². The highest BCUT2D eigenvalue weighted by Gasteiger charge is 2.22. The lowest BCUT2D eigenvalue weighted by Crippen LogP contribution is -3.00. The third kappa shape index (κ3) is 13.2. The lowest BCUT2D eigenvalue weighted by molar-refractivity contribution is -0.879. The van der Waals surface area contributed by atoms with E-state index in [1.807, 2.05) is 76.7 Å². The lowest BCUT2D eigenvalue weighted by Gasteiger charge is -2.28. The van der Waals surface area contributed by atoms with Crippen LogP contribution in [0.25, 0.3) is 11.1 Å². The molecule has 10 heteroatoms. The molecule has 6 nitrogen and oxygen atoms in total. The number of nitrogens with zero attached hydrogens (tertiary/aromatic N) is 2. The molecule has 0 N–H and O–H groups in total. The molecule has 0 unspecified atom stereocenters. The number of hydrogen-bond acceptors (Lipinski definition) is 6. The van der Waals surface area contributed by atoms with Gasteiger partial charge in [0.05, 0.1) is 52.8 Å². The zero-order chi connectivity index (χ0) is 26.9. The Morgan fingerprint density at radius 1 is 0.579 bits per heavy atom. The summed E-state index contributed by atoms with van der Waals surface area (Å²) in [5.74, 6) is 1.54. The maximum Gasteiger partial charge on any atom is 0.216 e. The van der Waals surface area contributed by atoms with Gasteiger partial charge in [-0.05, 0) is 11.1 Å². The third-order valence-electron chi connectivity index (χ3n) is 5.89. The van der Waals surface area contributed by atoms with E-state index in [9.17, 15) is 19.2 Å². The van der Waals surface area contributed by atoms with Gasteiger partial charge in [-0.3, -0.25) is 19.2 Å². The van der Waals surface area contributed by atoms with Gasteiger partial charge in [-0.15, -0.1) is 0 Å². The molecule has 2 aromatic carbocycles. The summed E-state index contributed by atoms with van der Waals surface area (Å²) >= 11 is 2.58. The third-order valence-corrected chi connectivity index (χ3v) is 7.48. The number of carbonyl (C=O) groups is 4. The summed E-state index contributed by atoms with van der Waals surface area (Å²) < 4.78 is 1.06. The van der Waals surface area contributed by atoms with Crippen molar-refractivity contribution in [3.8, 4) is 11.1 Å². The molecular weight excluding hydrogens is 652 g/mol. The standard InChI is InChI=1S/C28H38N2O4S2.2BrH/c1-21(31)35-17-15-29(3,4)19-27(33)25-11-7-23(8-12-25)24-9-13-26(14-10-24)28(34)20-30(5,6)16-18-36-22(2)32;;/h7-14H,15-20H2,1-6H3;2*1H/q+2;;/p-2. The van der Waals surface area contributed by atoms with Crippen LogP contribution in [-0.2, 0) is 9.59 Å². The van der Waals surface area contributed by atoms with Crippen molar-refractivity contribution >= 4 is 45.3 Å². The quantitative estimate of drug-likeness (QED) is 0.187. The first-order valence-electron chi connectivity index (χ1n) is 12.0. The van der Waals surface area contributed by atoms with Crippen molar-refractivity contribution in [1.29, 1.82) is 0 Å². The van der Waals surface area contributed by atoms with E-state index in [4.69, 9.17) is 0 Å². The van der Waals surface area contributed by atoms with Crippen LogP contribution in [0.5, 0.6) is 0 Å². The minimum atomic E-state index is 0. The Bertz CT molecular complexity index is 1000. The van der Waals surface area contributed by atoms with Gasteiger partial charge in [-0.25, -0.2) is 0 Å². The number of Topliss-reactive ketones (excluding diaryl/α,β-unsaturated/α-hetero) is 2. The molecular formula is C28H38Br2N2O4S2. The van der Waals surface area contributed by atoms with Crippen molar-refractivity contribution < 1.29 is 62.1 Å². The Kier molecular flexibility index (Phi) is 16.2. The van der Waals surface area contributed by atoms with Gasteiger partial charge in [0.1, 0.15) is 13.1 Å². The number of halogens is 2. The Labute approximate surface area is 256 Å². The number of ketones is 2. The van der Waals surface area contributed by atoms with Crippen molar-refractivity contribution in [2.75, 3.05) is 65.9 Å². The molecule has 0 aliphatic rings. The van der Waals surface area contributed by atoms with Crippen LogP contribution < -0.4 is 34.0 Å². The van der Waals surface area contributed by atoms with Gasteiger partial charge < -0.3 is 42.9 Å². The molecule has 0 aromatic heterocycles. The minimum absolute atomic E-state index is 0. The molecule has 2 rings (SSSR count). The van der Waals surface area contributed by atoms with Gasteiger partial charge in [0.25, 0.3) is 0 Å². The van der Waals surface area contributed by atoms with Gasteiger partial charge in [0, 0.05) is 25.0 Å². The molecule has 0 heterocycles. The molecule has 0 radical (unpaired) electrons. The van der Waals surface area contributed by atoms with Crippen LogP contribution in [0.1, 0.15) is 34.6 Å². The van der Waals surface area contributed by atoms with Crippen molar-refractivity contribution in [1.82, 2.24) is 0 Å². The fourth-order valence-corrected chi connectivity index (χ4v) is 5.43. The smallest absolute Gasteiger partial charge is 0.216 e. The van der Waals surface area contributed by atoms with Crippen LogP contribution in [0.4, 0.5) is 0 Å². The second kappa shape index (κ2) is 16.7. The van der Waals surface area contributed by atoms with Gasteiger partial charge in [0.2, 0.25) is 11.6 Å². The largest absolute Gasteiger partial charge is 1.00 e. The SMILES string of the molecule is CC(=O)SCC[N+](C)(C)CC(=O)c1ccc(-c2ccc(C(=O)C[N+](C)(C)CCSC(C)=O)cc2)cc1.[Br-].[Br-]. The molecule has 0 fully saturated rings. The normalized spacial score (nSPS) is 11.2. The van der Waals surface area contributed by atoms with Crippen molar-refractivity contribution in [3.05, 3.63) is 59.7 Å². The highest BCUT2D eigenvalue weighted by atomic mass is 79.9. The average Bonchev–Trinajstić information content (AvgIpc) is 2.77. The number of rotatable bonds is 13. The Morgan fingerprint density at radius 3 is 1.13 bits per heavy atom. The molecule has 0 aliphatic heterocycles. The Morgan fingerprint density at radius 2 is 0.868 bits per heavy atom. The fraction of sp³-hybridized carbons (Fsp3) is 0.429. The molecule has 0 saturated heterocycles. The van der Waals surface area contributed by atoms with Crippen LogP contribution in [0.2, 0.25) is 0 Å². The van der Waals surface area contributed by atoms with Gasteiger partial charge in [-0.2, -0.15) is 0 Å². The first kappa shape index (κ1) is 36.7. The summed E-state index contributed by atoms with van der Waals surface area (Å²) in [5, 5.41) is 0.190. The first-order chi connectivity index (χ1) is 16.8. The van der Waals surface area contributed by atoms with E-state index in [0.717, 1.165) is 24.2 Å². The molecule has 0 spiro atoms. The van der Waals surface area contributed by atoms with Gasteiger partial charge >= 0.3 is 0 Å². The topological polar surface area (TPSA) is 68.3 Å². The molecule has 210 valence electrons. The minimum Gasteiger partial charge on any atom is -1.00 e. The summed E-state index contributed by atoms with van der Waals surface area (Å²) in [6.07, 6.45) is 0. The molecule has 0 atom stereocenters. The van der Waals surface area contributed by atoms with E-state index in [1.165, 1.54) is 23.5 Å². The van der Waals surface area contributed by atoms with E-state index in [2.05, 4.69) is 0 Å². The Hall–Kier alpha value is -1.30. The summed E-state index contributed by atoms with van der Waals surface area (Å²) in [7, 11) is 8.00. The van der Waals surface area contributed by atoms with Crippen molar-refractivity contribution in [2.45, 2.75) is 13.8 Å². The van der Waals surface area contributed by atoms with E-state index >= 15 is 0 Å². The van der Waals surface area contributed by atoms with Crippen LogP contribution in [0.15, 0.2) is 48.5 Å². The van der Waals surface area contributed by atoms with Crippen LogP contribution >= 0.6 is 23.5 Å². The summed E-state index contributed by atoms with van der Waals surface area (Å²) in [4.78, 5) is 47.9. The van der Waals surface area contributed by atoms with E-state index in [-0.39, 0.29) is 55.8 Å². The lowest BCUT2D eigenvalue weighted by atomic mass is 10.00. The highest BCUT2D eigenvalue weighted by molar-refractivity contribution is 8.13. The zero-order valence-electron chi connectivity index (χ0n) is 23.0. The molecule has 0 amide bonds. The predicted molar refractivity (Wildman–Crippen MR) is 151 cm³/mol. The predicted octanol–water partition coefficient (Wildman–Crippen LogP) is -1.56. The molecule has 38 heavy (non-hydrogen) atoms. The maximum atomic E-state index is 12.8. The molecule has 0 aliphatic carbocycles. The van der Waals surface area contributed by atoms with E-state index in [0.29, 0.717) is 44.7 Å². The van der Waals surface area contributed by atoms with Crippen LogP contribution in [0, 0.1) is 0 Å². The number of hydrogen-bond donors (Lipinski definition) is 0. The number of thioether (sulfide) groups is 2. The Balaban J connectivity index is 0.00000684. The van der Waals surface area contributed by atoms with E-state index < -0.39 is 0 Å². The van der Waals surface area contributed by atoms with Gasteiger partial charge in [0.15, 0.2) is 10.2 Å². The number of likely N-dealkylation sites (N-methyl/N-ethyl adjacent to an activating group) is 2. The second-order valence-electron chi connectivity index (χ2n) is 10.3. The number of quaternary nitrogens is 2. The van der Waals surface area contributed by atoms with Gasteiger partial charge in [-0.1, -0.05) is 72.1 Å². The first-order valence-corrected chi connectivity index (χ1v) is 13.9. The number of benzene rings is 2. The van der Waals surface area contributed by atoms with Crippen LogP contribution in [-0.4, -0.2) is 96.6 Å². The average molecular weight is 691 g/mol. The summed E-state index contributed by atoms with van der Waals surface area (Å²) in [6, 6.07) is 15.1. The highest BCUT2D eigenvalue weighted by Crippen LogP contribution is 2.22. The number of carbonyl (C=O) groups excluding carboxylic acids is 4. The monoisotopic (exact) mass is 688 g/mol. The molecule has 2 aromatic rings. The van der Waals surface area contributed by atoms with Crippen LogP contribution in [0.3, 0.4) is 0 Å². The molecule has 0 bridgehead atoms. The maximum absolute atomic E-state index is 12.8. The van der Waals surface area contributed by atoms with Crippen molar-refractivity contribution in [3.63, 3.8) is 0 Å². The second-order valence-corrected chi connectivity index (χ2v) is 12.9. The van der Waals surface area contributed by atoms with E-state index in [1.54, 1.807) is 13.8 Å². The molecule has 0 saturated carbocycles. The zero-order valence-corrected chi connectivity index (χ0v) is 27.8. The summed E-state index contributed by atoms with van der Waals surface area (Å²) in [5.41, 5.74) is 3.29.